The molecule has 0 unspecified atom stereocenters. The zero-order valence-electron chi connectivity index (χ0n) is 33.2. The lowest BCUT2D eigenvalue weighted by molar-refractivity contribution is 0.660. The first kappa shape index (κ1) is 34.8. The Hall–Kier alpha value is -7.42. The maximum absolute atomic E-state index is 2.46. The number of fused-ring (bicyclic) bond motifs is 6. The van der Waals surface area contributed by atoms with E-state index in [-0.39, 0.29) is 5.41 Å². The first-order valence-corrected chi connectivity index (χ1v) is 20.5. The molecule has 59 heavy (non-hydrogen) atoms. The molecule has 0 N–H and O–H groups in total. The molecule has 1 aliphatic rings. The van der Waals surface area contributed by atoms with Gasteiger partial charge >= 0.3 is 0 Å². The van der Waals surface area contributed by atoms with E-state index in [4.69, 9.17) is 0 Å². The van der Waals surface area contributed by atoms with E-state index in [9.17, 15) is 0 Å². The van der Waals surface area contributed by atoms with Crippen LogP contribution in [-0.2, 0) is 5.41 Å². The third-order valence-corrected chi connectivity index (χ3v) is 12.4. The van der Waals surface area contributed by atoms with E-state index in [0.717, 1.165) is 22.7 Å². The normalized spacial score (nSPS) is 12.7. The Balaban J connectivity index is 1.07. The summed E-state index contributed by atoms with van der Waals surface area (Å²) in [6.07, 6.45) is 0. The molecule has 10 aromatic rings. The summed E-state index contributed by atoms with van der Waals surface area (Å²) >= 11 is 0. The van der Waals surface area contributed by atoms with Crippen LogP contribution in [-0.4, -0.2) is 4.57 Å². The molecule has 0 atom stereocenters. The smallest absolute Gasteiger partial charge is 0.0546 e. The Morgan fingerprint density at radius 3 is 1.61 bits per heavy atom. The third-order valence-electron chi connectivity index (χ3n) is 12.4. The van der Waals surface area contributed by atoms with Crippen LogP contribution < -0.4 is 4.90 Å². The minimum Gasteiger partial charge on any atom is -0.310 e. The second kappa shape index (κ2) is 13.9. The quantitative estimate of drug-likeness (QED) is 0.157. The van der Waals surface area contributed by atoms with Crippen LogP contribution in [0.1, 0.15) is 25.0 Å². The Labute approximate surface area is 345 Å². The highest BCUT2D eigenvalue weighted by atomic mass is 15.1. The van der Waals surface area contributed by atoms with Crippen molar-refractivity contribution in [3.8, 4) is 50.2 Å². The molecule has 0 fully saturated rings. The molecule has 0 radical (unpaired) electrons. The van der Waals surface area contributed by atoms with Crippen LogP contribution in [0.4, 0.5) is 17.1 Å². The first-order valence-electron chi connectivity index (χ1n) is 20.5. The monoisotopic (exact) mass is 754 g/mol. The number of aromatic nitrogens is 1. The van der Waals surface area contributed by atoms with Gasteiger partial charge in [-0.3, -0.25) is 0 Å². The van der Waals surface area contributed by atoms with Crippen LogP contribution >= 0.6 is 0 Å². The molecule has 0 bridgehead atoms. The maximum Gasteiger partial charge on any atom is 0.0546 e. The van der Waals surface area contributed by atoms with Gasteiger partial charge in [0.1, 0.15) is 0 Å². The van der Waals surface area contributed by atoms with Crippen LogP contribution in [0.15, 0.2) is 218 Å². The van der Waals surface area contributed by atoms with Crippen molar-refractivity contribution in [1.29, 1.82) is 0 Å². The lowest BCUT2D eigenvalue weighted by Gasteiger charge is -2.30. The summed E-state index contributed by atoms with van der Waals surface area (Å²) in [5.41, 5.74) is 19.2. The van der Waals surface area contributed by atoms with Crippen LogP contribution in [0.5, 0.6) is 0 Å². The van der Waals surface area contributed by atoms with Gasteiger partial charge in [-0.05, 0) is 105 Å². The molecule has 2 heteroatoms. The Morgan fingerprint density at radius 2 is 0.881 bits per heavy atom. The average Bonchev–Trinajstić information content (AvgIpc) is 3.75. The van der Waals surface area contributed by atoms with Crippen molar-refractivity contribution in [2.45, 2.75) is 19.3 Å². The number of anilines is 3. The van der Waals surface area contributed by atoms with Gasteiger partial charge in [-0.2, -0.15) is 0 Å². The van der Waals surface area contributed by atoms with Gasteiger partial charge in [0.2, 0.25) is 0 Å². The summed E-state index contributed by atoms with van der Waals surface area (Å²) < 4.78 is 2.39. The van der Waals surface area contributed by atoms with Crippen LogP contribution in [0.2, 0.25) is 0 Å². The van der Waals surface area contributed by atoms with E-state index in [1.807, 2.05) is 0 Å². The van der Waals surface area contributed by atoms with E-state index in [1.54, 1.807) is 0 Å². The van der Waals surface area contributed by atoms with E-state index in [1.165, 1.54) is 77.4 Å². The van der Waals surface area contributed by atoms with Gasteiger partial charge in [0.25, 0.3) is 0 Å². The predicted octanol–water partition coefficient (Wildman–Crippen LogP) is 15.6. The van der Waals surface area contributed by atoms with Gasteiger partial charge in [-0.25, -0.2) is 0 Å². The SMILES string of the molecule is CC1(C)c2ccccc2-c2ccc(N(c3ccc(-c4cccc(-n5c6ccccc6c6ccccc65)c4)cc3)c3cc(-c4ccccc4)ccc3-c3ccccc3)cc21. The summed E-state index contributed by atoms with van der Waals surface area (Å²) in [5, 5.41) is 2.53. The van der Waals surface area contributed by atoms with E-state index < -0.39 is 0 Å². The van der Waals surface area contributed by atoms with Crippen molar-refractivity contribution in [2.75, 3.05) is 4.90 Å². The summed E-state index contributed by atoms with van der Waals surface area (Å²) in [7, 11) is 0. The molecule has 280 valence electrons. The van der Waals surface area contributed by atoms with E-state index >= 15 is 0 Å². The number of rotatable bonds is 7. The second-order valence-corrected chi connectivity index (χ2v) is 16.2. The number of benzene rings is 9. The van der Waals surface area contributed by atoms with Gasteiger partial charge < -0.3 is 9.47 Å². The fourth-order valence-corrected chi connectivity index (χ4v) is 9.48. The largest absolute Gasteiger partial charge is 0.310 e. The van der Waals surface area contributed by atoms with Gasteiger partial charge in [-0.1, -0.05) is 178 Å². The van der Waals surface area contributed by atoms with Gasteiger partial charge in [0, 0.05) is 38.8 Å². The summed E-state index contributed by atoms with van der Waals surface area (Å²) in [4.78, 5) is 2.46. The Bertz CT molecular complexity index is 3120. The highest BCUT2D eigenvalue weighted by Gasteiger charge is 2.36. The molecule has 0 saturated carbocycles. The molecule has 0 saturated heterocycles. The molecular weight excluding hydrogens is 713 g/mol. The molecular formula is C57H42N2. The second-order valence-electron chi connectivity index (χ2n) is 16.2. The summed E-state index contributed by atoms with van der Waals surface area (Å²) in [6, 6.07) is 79.9. The van der Waals surface area contributed by atoms with Crippen molar-refractivity contribution in [3.63, 3.8) is 0 Å². The van der Waals surface area contributed by atoms with E-state index in [2.05, 4.69) is 242 Å². The number of para-hydroxylation sites is 2. The summed E-state index contributed by atoms with van der Waals surface area (Å²) in [5.74, 6) is 0. The Morgan fingerprint density at radius 1 is 0.356 bits per heavy atom. The zero-order chi connectivity index (χ0) is 39.5. The van der Waals surface area contributed by atoms with Crippen molar-refractivity contribution in [3.05, 3.63) is 230 Å². The van der Waals surface area contributed by atoms with Gasteiger partial charge in [0.05, 0.1) is 16.7 Å². The fourth-order valence-electron chi connectivity index (χ4n) is 9.48. The summed E-state index contributed by atoms with van der Waals surface area (Å²) in [6.45, 7) is 4.72. The molecule has 1 aromatic heterocycles. The minimum absolute atomic E-state index is 0.132. The first-order chi connectivity index (χ1) is 29.0. The van der Waals surface area contributed by atoms with Crippen molar-refractivity contribution >= 4 is 38.9 Å². The molecule has 0 amide bonds. The van der Waals surface area contributed by atoms with Gasteiger partial charge in [-0.15, -0.1) is 0 Å². The fraction of sp³-hybridized carbons (Fsp3) is 0.0526. The lowest BCUT2D eigenvalue weighted by atomic mass is 9.82. The maximum atomic E-state index is 2.46. The van der Waals surface area contributed by atoms with Crippen LogP contribution in [0.3, 0.4) is 0 Å². The zero-order valence-corrected chi connectivity index (χ0v) is 33.2. The third kappa shape index (κ3) is 5.79. The molecule has 1 heterocycles. The number of hydrogen-bond acceptors (Lipinski definition) is 1. The van der Waals surface area contributed by atoms with Crippen molar-refractivity contribution < 1.29 is 0 Å². The molecule has 9 aromatic carbocycles. The van der Waals surface area contributed by atoms with Crippen molar-refractivity contribution in [1.82, 2.24) is 4.57 Å². The molecule has 11 rings (SSSR count). The molecule has 0 aliphatic heterocycles. The highest BCUT2D eigenvalue weighted by molar-refractivity contribution is 6.09. The van der Waals surface area contributed by atoms with E-state index in [0.29, 0.717) is 0 Å². The standard InChI is InChI=1S/C57H42N2/c1-57(2)52-25-12-9-22-48(52)49-35-33-46(38-53(49)57)58(56-37-43(39-16-5-3-6-17-39)30-34-47(56)41-18-7-4-8-19-41)44-31-28-40(29-32-44)42-20-15-21-45(36-42)59-54-26-13-10-23-50(54)51-24-11-14-27-55(51)59/h3-38H,1-2H3. The predicted molar refractivity (Wildman–Crippen MR) is 249 cm³/mol. The highest BCUT2D eigenvalue weighted by Crippen LogP contribution is 2.51. The van der Waals surface area contributed by atoms with Gasteiger partial charge in [0.15, 0.2) is 0 Å². The number of hydrogen-bond donors (Lipinski definition) is 0. The van der Waals surface area contributed by atoms with Crippen molar-refractivity contribution in [2.24, 2.45) is 0 Å². The molecule has 1 aliphatic carbocycles. The van der Waals surface area contributed by atoms with Crippen LogP contribution in [0.25, 0.3) is 72.0 Å². The topological polar surface area (TPSA) is 8.17 Å². The minimum atomic E-state index is -0.132. The van der Waals surface area contributed by atoms with Crippen LogP contribution in [0, 0.1) is 0 Å². The molecule has 0 spiro atoms. The Kier molecular flexibility index (Phi) is 8.20. The average molecular weight is 755 g/mol. The number of nitrogens with zero attached hydrogens (tertiary/aromatic N) is 2. The molecule has 2 nitrogen and oxygen atoms in total. The lowest BCUT2D eigenvalue weighted by Crippen LogP contribution is -2.17.